The molecular weight excluding hydrogens is 1710 g/mol. The summed E-state index contributed by atoms with van der Waals surface area (Å²) in [5.74, 6) is 0.196. The Hall–Kier alpha value is -11.5. The van der Waals surface area contributed by atoms with Crippen LogP contribution in [0.1, 0.15) is 187 Å². The number of carbonyl (C=O) groups excluding carboxylic acids is 3. The van der Waals surface area contributed by atoms with Crippen molar-refractivity contribution in [2.75, 3.05) is 56.7 Å². The number of allylic oxidation sites excluding steroid dienone is 12. The van der Waals surface area contributed by atoms with E-state index in [1.165, 1.54) is 72.8 Å². The van der Waals surface area contributed by atoms with Crippen molar-refractivity contribution < 1.29 is 98.8 Å². The lowest BCUT2D eigenvalue weighted by Crippen LogP contribution is -2.43. The number of nitrogens with zero attached hydrogens (tertiary/aromatic N) is 7. The maximum absolute atomic E-state index is 13.7. The van der Waals surface area contributed by atoms with Crippen molar-refractivity contribution in [2.24, 2.45) is 10.8 Å². The molecule has 127 heavy (non-hydrogen) atoms. The molecule has 0 unspecified atom stereocenters. The lowest BCUT2D eigenvalue weighted by atomic mass is 9.81. The highest BCUT2D eigenvalue weighted by molar-refractivity contribution is 7.86. The average Bonchev–Trinajstić information content (AvgIpc) is 1.60. The van der Waals surface area contributed by atoms with Crippen molar-refractivity contribution in [1.82, 2.24) is 10.6 Å². The third-order valence-electron chi connectivity index (χ3n) is 21.8. The van der Waals surface area contributed by atoms with E-state index in [1.807, 2.05) is 146 Å². The van der Waals surface area contributed by atoms with Crippen LogP contribution in [0.4, 0.5) is 37.2 Å². The summed E-state index contributed by atoms with van der Waals surface area (Å²) < 4.78 is 169. The fourth-order valence-electron chi connectivity index (χ4n) is 15.3. The zero-order chi connectivity index (χ0) is 92.8. The van der Waals surface area contributed by atoms with Crippen molar-refractivity contribution in [3.8, 4) is 30.4 Å². The Kier molecular flexibility index (Phi) is 38.2. The van der Waals surface area contributed by atoms with Crippen LogP contribution in [0.5, 0.6) is 5.75 Å². The summed E-state index contributed by atoms with van der Waals surface area (Å²) in [6.45, 7) is 19.2. The molecular formula is C93H116F2N10O18S4+2. The van der Waals surface area contributed by atoms with E-state index in [2.05, 4.69) is 48.7 Å². The summed E-state index contributed by atoms with van der Waals surface area (Å²) in [7, 11) is -13.6. The summed E-state index contributed by atoms with van der Waals surface area (Å²) in [4.78, 5) is 54.3. The molecule has 6 aromatic rings. The van der Waals surface area contributed by atoms with Crippen molar-refractivity contribution in [1.29, 1.82) is 0 Å². The van der Waals surface area contributed by atoms with Crippen LogP contribution in [0.15, 0.2) is 212 Å². The number of ketones is 1. The molecule has 9 N–H and O–H groups in total. The molecule has 4 heterocycles. The molecule has 0 bridgehead atoms. The largest absolute Gasteiger partial charge is 0.481 e. The number of Topliss-reactive ketones (excluding diaryl/α,β-unsaturated/α-hetero) is 1. The van der Waals surface area contributed by atoms with Crippen LogP contribution in [0.2, 0.25) is 0 Å². The molecule has 0 saturated heterocycles. The molecule has 10 rings (SSSR count). The predicted octanol–water partition coefficient (Wildman–Crippen LogP) is 17.0. The summed E-state index contributed by atoms with van der Waals surface area (Å²) in [6, 6.07) is 26.8. The lowest BCUT2D eigenvalue weighted by Gasteiger charge is -2.27. The van der Waals surface area contributed by atoms with E-state index < -0.39 is 110 Å². The number of amides is 2. The minimum absolute atomic E-state index is 0. The van der Waals surface area contributed by atoms with Crippen LogP contribution < -0.4 is 30.9 Å². The van der Waals surface area contributed by atoms with Crippen LogP contribution in [-0.2, 0) is 76.5 Å². The van der Waals surface area contributed by atoms with Gasteiger partial charge in [-0.05, 0) is 174 Å². The Bertz CT molecular complexity index is 5950. The van der Waals surface area contributed by atoms with Crippen molar-refractivity contribution in [3.05, 3.63) is 237 Å². The fraction of sp³-hybridized carbons (Fsp3) is 0.376. The SMILES string of the molecule is C.C.C#CCN.C#CCNC(=O)CCCCCN1\C(=C/C=C/C=C/C2=[N+](C)c3ccc(S(=O)(=O)O)cc3C2(C)C)C(C)(C)c2cc(S(=O)(=O)O)ccc21.CCCCC[C@H](NC(=O)c1cccc(N=[N+]=[N-])c1)C(=O)COc1c(F)cccc1F.C[N+]1=C(/C=C/C=C/C=C2\N(CCCCCC(=O)O)c3ccc(S(=O)(=O)O)cc3C2(C)C)C(C)(C)c2cc(S(=O)(=O)O)ccc21. The number of para-hydroxylation sites is 1. The monoisotopic (exact) mass is 1830 g/mol. The normalized spacial score (nSPS) is 15.8. The number of unbranched alkanes of at least 4 members (excludes halogenated alkanes) is 6. The third-order valence-corrected chi connectivity index (χ3v) is 25.2. The Morgan fingerprint density at radius 1 is 0.575 bits per heavy atom. The molecule has 1 atom stereocenters. The maximum Gasteiger partial charge on any atom is 0.303 e. The smallest absolute Gasteiger partial charge is 0.303 e. The van der Waals surface area contributed by atoms with Gasteiger partial charge in [0.25, 0.3) is 46.4 Å². The number of nitrogens with two attached hydrogens (primary N) is 1. The van der Waals surface area contributed by atoms with Crippen LogP contribution in [0.3, 0.4) is 0 Å². The molecule has 0 fully saturated rings. The van der Waals surface area contributed by atoms with Gasteiger partial charge in [-0.25, -0.2) is 8.78 Å². The number of hydrogen-bond donors (Lipinski definition) is 8. The van der Waals surface area contributed by atoms with Crippen LogP contribution >= 0.6 is 0 Å². The first-order valence-corrected chi connectivity index (χ1v) is 45.9. The molecule has 682 valence electrons. The quantitative estimate of drug-likeness (QED) is 0.00272. The predicted molar refractivity (Wildman–Crippen MR) is 492 cm³/mol. The first kappa shape index (κ1) is 106. The van der Waals surface area contributed by atoms with Crippen LogP contribution in [0.25, 0.3) is 10.4 Å². The zero-order valence-electron chi connectivity index (χ0n) is 71.6. The third kappa shape index (κ3) is 27.3. The van der Waals surface area contributed by atoms with E-state index in [1.54, 1.807) is 30.3 Å². The minimum Gasteiger partial charge on any atom is -0.481 e. The van der Waals surface area contributed by atoms with Gasteiger partial charge in [0.15, 0.2) is 34.6 Å². The molecule has 0 spiro atoms. The molecule has 4 aliphatic heterocycles. The molecule has 2 amide bonds. The highest BCUT2D eigenvalue weighted by atomic mass is 32.2. The van der Waals surface area contributed by atoms with Gasteiger partial charge in [-0.15, -0.1) is 12.8 Å². The first-order chi connectivity index (χ1) is 58.6. The molecule has 28 nitrogen and oxygen atoms in total. The number of azide groups is 1. The van der Waals surface area contributed by atoms with Gasteiger partial charge in [-0.1, -0.05) is 153 Å². The fourth-order valence-corrected chi connectivity index (χ4v) is 17.3. The number of carboxylic acid groups (broad SMARTS) is 1. The number of benzene rings is 6. The van der Waals surface area contributed by atoms with Gasteiger partial charge in [-0.3, -0.25) is 37.4 Å². The Morgan fingerprint density at radius 2 is 1.00 bits per heavy atom. The van der Waals surface area contributed by atoms with Crippen molar-refractivity contribution in [2.45, 2.75) is 202 Å². The van der Waals surface area contributed by atoms with Gasteiger partial charge in [0.1, 0.15) is 20.7 Å². The maximum atomic E-state index is 13.7. The van der Waals surface area contributed by atoms with Crippen LogP contribution in [-0.4, -0.2) is 154 Å². The Balaban J connectivity index is 0.000000335. The van der Waals surface area contributed by atoms with Crippen LogP contribution in [0, 0.1) is 36.3 Å². The summed E-state index contributed by atoms with van der Waals surface area (Å²) >= 11 is 0. The number of ether oxygens (including phenoxy) is 1. The molecule has 4 aliphatic rings. The van der Waals surface area contributed by atoms with Gasteiger partial charge >= 0.3 is 5.97 Å². The number of hydrogen-bond acceptors (Lipinski definition) is 17. The summed E-state index contributed by atoms with van der Waals surface area (Å²) in [5.41, 5.74) is 21.9. The van der Waals surface area contributed by atoms with Crippen molar-refractivity contribution >= 4 is 104 Å². The van der Waals surface area contributed by atoms with E-state index in [0.717, 1.165) is 118 Å². The second-order valence-corrected chi connectivity index (χ2v) is 37.6. The van der Waals surface area contributed by atoms with E-state index >= 15 is 0 Å². The average molecular weight is 1830 g/mol. The number of halogens is 2. The number of terminal acetylenes is 2. The number of carbonyl (C=O) groups is 4. The molecule has 0 aromatic heterocycles. The summed E-state index contributed by atoms with van der Waals surface area (Å²) in [5, 5.41) is 17.7. The van der Waals surface area contributed by atoms with E-state index in [4.69, 9.17) is 27.5 Å². The molecule has 6 aromatic carbocycles. The number of aliphatic carboxylic acids is 1. The number of rotatable bonds is 34. The second-order valence-electron chi connectivity index (χ2n) is 31.9. The second kappa shape index (κ2) is 45.8. The molecule has 0 saturated carbocycles. The van der Waals surface area contributed by atoms with Gasteiger partial charge in [0.2, 0.25) is 17.3 Å². The van der Waals surface area contributed by atoms with Gasteiger partial charge < -0.3 is 36.0 Å². The first-order valence-electron chi connectivity index (χ1n) is 40.1. The van der Waals surface area contributed by atoms with E-state index in [-0.39, 0.29) is 64.6 Å². The number of nitrogens with one attached hydrogen (secondary N) is 2. The Labute approximate surface area is 745 Å². The van der Waals surface area contributed by atoms with Gasteiger partial charge in [0.05, 0.1) is 49.5 Å². The highest BCUT2D eigenvalue weighted by Gasteiger charge is 2.46. The Morgan fingerprint density at radius 3 is 1.41 bits per heavy atom. The summed E-state index contributed by atoms with van der Waals surface area (Å²) in [6.07, 6.45) is 36.7. The molecule has 34 heteroatoms. The topological polar surface area (TPSA) is 427 Å². The zero-order valence-corrected chi connectivity index (χ0v) is 74.9. The van der Waals surface area contributed by atoms with Gasteiger partial charge in [-0.2, -0.15) is 42.8 Å². The molecule has 0 aliphatic carbocycles. The van der Waals surface area contributed by atoms with E-state index in [9.17, 15) is 79.8 Å². The highest BCUT2D eigenvalue weighted by Crippen LogP contribution is 2.51. The number of carboxylic acids is 1. The number of fused-ring (bicyclic) bond motifs is 4. The van der Waals surface area contributed by atoms with Crippen molar-refractivity contribution in [3.63, 3.8) is 0 Å². The number of anilines is 2. The molecule has 0 radical (unpaired) electrons. The lowest BCUT2D eigenvalue weighted by molar-refractivity contribution is -0.401. The standard InChI is InChI=1S/C35H41N3O7S2.C32H38N2O8S2.C21H22F2N4O3.C3H5N.2CH4/c1-7-21-36-33(39)16-12-9-13-22-38-30-20-18-26(47(43,44)45)24-28(30)35(4,5)32(38)15-11-8-10-14-31-34(2,3)27-23-25(46(40,41)42)17-19-29(27)37(31)6;1-31(2)24-20-22(43(37,38)39)15-17-26(24)33(5)28(31)12-8-6-9-13-29-32(3,4)25-21-23(44(40,41)42)16-18-27(25)34(29)19-11-7-10-14-30(35)36;1-2-3-4-11-18(19(28)13-30-20-16(22)9-6-10-17(20)23)25-21(29)14-7-5-8-15(12-14)26-27-24;1-2-3-4;;/h1,8,10-11,14-15,17-20,23-24H,9,12-13,16,21-22H2,2-6H3,(H2-,36,39,40,41,42,43,44,45);6,8-9,12-13,15-18,20-21H,7,10-11,14,19H2,1-5H3,(H2-,35,36,37,38,39,40,41,42);5-10,12,18H,2-4,11,13H2,1H3,(H,25,29);1H,3-4H2;2*1H4/p+2/t;;18-;;;/m..0.../s1. The van der Waals surface area contributed by atoms with Gasteiger partial charge in [0, 0.05) is 111 Å². The van der Waals surface area contributed by atoms with E-state index in [0.29, 0.717) is 51.7 Å². The minimum atomic E-state index is -4.38.